The van der Waals surface area contributed by atoms with E-state index in [2.05, 4.69) is 15.3 Å². The van der Waals surface area contributed by atoms with Crippen molar-refractivity contribution in [2.24, 2.45) is 0 Å². The average molecular weight is 283 g/mol. The van der Waals surface area contributed by atoms with Gasteiger partial charge in [-0.1, -0.05) is 6.42 Å². The number of fused-ring (bicyclic) bond motifs is 1. The van der Waals surface area contributed by atoms with Crippen molar-refractivity contribution in [3.63, 3.8) is 0 Å². The Bertz CT molecular complexity index is 570. The number of benzene rings is 1. The number of nitro groups is 1. The molecule has 6 nitrogen and oxygen atoms in total. The maximum atomic E-state index is 10.7. The molecule has 0 saturated carbocycles. The van der Waals surface area contributed by atoms with Crippen LogP contribution in [0.4, 0.5) is 11.6 Å². The molecule has 0 aliphatic carbocycles. The minimum Gasteiger partial charge on any atom is -0.356 e. The lowest BCUT2D eigenvalue weighted by atomic mass is 10.2. The van der Waals surface area contributed by atoms with E-state index in [-0.39, 0.29) is 5.69 Å². The monoisotopic (exact) mass is 282 g/mol. The van der Waals surface area contributed by atoms with Crippen LogP contribution in [0.5, 0.6) is 0 Å². The van der Waals surface area contributed by atoms with Crippen molar-refractivity contribution in [1.82, 2.24) is 9.97 Å². The van der Waals surface area contributed by atoms with Crippen LogP contribution in [0.25, 0.3) is 11.0 Å². The molecule has 0 saturated heterocycles. The van der Waals surface area contributed by atoms with Crippen molar-refractivity contribution in [3.8, 4) is 0 Å². The molecule has 1 heterocycles. The number of nitrogens with zero attached hydrogens (tertiary/aromatic N) is 2. The van der Waals surface area contributed by atoms with Crippen molar-refractivity contribution >= 4 is 34.3 Å². The average Bonchev–Trinajstić information content (AvgIpc) is 2.80. The summed E-state index contributed by atoms with van der Waals surface area (Å²) in [6.07, 6.45) is 3.10. The first-order valence-corrected chi connectivity index (χ1v) is 6.68. The predicted molar refractivity (Wildman–Crippen MR) is 75.8 cm³/mol. The van der Waals surface area contributed by atoms with Crippen molar-refractivity contribution in [2.45, 2.75) is 19.3 Å². The largest absolute Gasteiger partial charge is 0.356 e. The molecule has 7 heteroatoms. The Morgan fingerprint density at radius 2 is 2.21 bits per heavy atom. The van der Waals surface area contributed by atoms with Gasteiger partial charge in [0.05, 0.1) is 16.0 Å². The molecule has 19 heavy (non-hydrogen) atoms. The zero-order valence-corrected chi connectivity index (χ0v) is 11.1. The number of hydrogen-bond acceptors (Lipinski definition) is 4. The fourth-order valence-corrected chi connectivity index (χ4v) is 1.99. The lowest BCUT2D eigenvalue weighted by molar-refractivity contribution is -0.384. The van der Waals surface area contributed by atoms with Gasteiger partial charge in [0.15, 0.2) is 0 Å². The number of halogens is 1. The van der Waals surface area contributed by atoms with Crippen LogP contribution < -0.4 is 5.32 Å². The summed E-state index contributed by atoms with van der Waals surface area (Å²) in [7, 11) is 0. The summed E-state index contributed by atoms with van der Waals surface area (Å²) in [4.78, 5) is 17.6. The Morgan fingerprint density at radius 1 is 1.37 bits per heavy atom. The van der Waals surface area contributed by atoms with E-state index in [0.717, 1.165) is 25.8 Å². The zero-order chi connectivity index (χ0) is 13.7. The third-order valence-electron chi connectivity index (χ3n) is 2.78. The number of unbranched alkanes of at least 4 members (excludes halogenated alkanes) is 2. The number of hydrogen-bond donors (Lipinski definition) is 2. The van der Waals surface area contributed by atoms with E-state index in [1.807, 2.05) is 0 Å². The summed E-state index contributed by atoms with van der Waals surface area (Å²) in [5.74, 6) is 1.33. The van der Waals surface area contributed by atoms with Gasteiger partial charge >= 0.3 is 0 Å². The van der Waals surface area contributed by atoms with Gasteiger partial charge in [-0.25, -0.2) is 4.98 Å². The number of aromatic amines is 1. The van der Waals surface area contributed by atoms with Gasteiger partial charge in [0.2, 0.25) is 5.95 Å². The van der Waals surface area contributed by atoms with Crippen LogP contribution in [0.2, 0.25) is 0 Å². The number of non-ortho nitro benzene ring substituents is 1. The van der Waals surface area contributed by atoms with Gasteiger partial charge in [-0.15, -0.1) is 11.6 Å². The van der Waals surface area contributed by atoms with Gasteiger partial charge in [0, 0.05) is 24.6 Å². The van der Waals surface area contributed by atoms with E-state index >= 15 is 0 Å². The van der Waals surface area contributed by atoms with Crippen LogP contribution in [-0.2, 0) is 0 Å². The highest BCUT2D eigenvalue weighted by atomic mass is 35.5. The molecule has 0 bridgehead atoms. The maximum Gasteiger partial charge on any atom is 0.271 e. The van der Waals surface area contributed by atoms with Crippen LogP contribution in [0, 0.1) is 10.1 Å². The summed E-state index contributed by atoms with van der Waals surface area (Å²) < 4.78 is 0. The van der Waals surface area contributed by atoms with Gasteiger partial charge in [0.25, 0.3) is 5.69 Å². The highest BCUT2D eigenvalue weighted by Crippen LogP contribution is 2.20. The minimum atomic E-state index is -0.417. The Hall–Kier alpha value is -1.82. The molecule has 0 aliphatic heterocycles. The van der Waals surface area contributed by atoms with Crippen LogP contribution in [0.1, 0.15) is 19.3 Å². The highest BCUT2D eigenvalue weighted by molar-refractivity contribution is 6.17. The van der Waals surface area contributed by atoms with E-state index in [9.17, 15) is 10.1 Å². The number of nitro benzene ring substituents is 1. The molecule has 0 unspecified atom stereocenters. The lowest BCUT2D eigenvalue weighted by Gasteiger charge is -2.01. The predicted octanol–water partition coefficient (Wildman–Crippen LogP) is 3.29. The third kappa shape index (κ3) is 3.57. The van der Waals surface area contributed by atoms with Crippen molar-refractivity contribution in [2.75, 3.05) is 17.7 Å². The third-order valence-corrected chi connectivity index (χ3v) is 3.05. The number of H-pyrrole nitrogens is 1. The molecule has 0 amide bonds. The quantitative estimate of drug-likeness (QED) is 0.353. The summed E-state index contributed by atoms with van der Waals surface area (Å²) in [6, 6.07) is 4.58. The first-order chi connectivity index (χ1) is 9.20. The van der Waals surface area contributed by atoms with E-state index in [4.69, 9.17) is 11.6 Å². The molecule has 0 fully saturated rings. The molecule has 0 spiro atoms. The molecule has 2 aromatic rings. The van der Waals surface area contributed by atoms with Gasteiger partial charge < -0.3 is 10.3 Å². The molecular weight excluding hydrogens is 268 g/mol. The number of alkyl halides is 1. The Morgan fingerprint density at radius 3 is 2.95 bits per heavy atom. The highest BCUT2D eigenvalue weighted by Gasteiger charge is 2.09. The minimum absolute atomic E-state index is 0.0600. The topological polar surface area (TPSA) is 83.8 Å². The van der Waals surface area contributed by atoms with Gasteiger partial charge in [-0.3, -0.25) is 10.1 Å². The number of nitrogens with one attached hydrogen (secondary N) is 2. The second-order valence-electron chi connectivity index (χ2n) is 4.22. The molecular formula is C12H15ClN4O2. The number of imidazole rings is 1. The van der Waals surface area contributed by atoms with Crippen LogP contribution >= 0.6 is 11.6 Å². The molecule has 1 aromatic carbocycles. The standard InChI is InChI=1S/C12H15ClN4O2/c13-6-2-1-3-7-14-12-15-10-5-4-9(17(18)19)8-11(10)16-12/h4-5,8H,1-3,6-7H2,(H2,14,15,16). The maximum absolute atomic E-state index is 10.7. The van der Waals surface area contributed by atoms with E-state index in [1.165, 1.54) is 12.1 Å². The first-order valence-electron chi connectivity index (χ1n) is 6.14. The zero-order valence-electron chi connectivity index (χ0n) is 10.4. The molecule has 102 valence electrons. The fraction of sp³-hybridized carbons (Fsp3) is 0.417. The summed E-state index contributed by atoms with van der Waals surface area (Å²) in [6.45, 7) is 0.804. The molecule has 0 radical (unpaired) electrons. The lowest BCUT2D eigenvalue weighted by Crippen LogP contribution is -2.02. The van der Waals surface area contributed by atoms with Gasteiger partial charge in [0.1, 0.15) is 0 Å². The number of rotatable bonds is 7. The van der Waals surface area contributed by atoms with E-state index in [0.29, 0.717) is 22.9 Å². The molecule has 2 N–H and O–H groups in total. The van der Waals surface area contributed by atoms with Crippen molar-refractivity contribution in [1.29, 1.82) is 0 Å². The van der Waals surface area contributed by atoms with Crippen molar-refractivity contribution < 1.29 is 4.92 Å². The second-order valence-corrected chi connectivity index (χ2v) is 4.60. The molecule has 0 atom stereocenters. The van der Waals surface area contributed by atoms with Crippen molar-refractivity contribution in [3.05, 3.63) is 28.3 Å². The Kier molecular flexibility index (Phi) is 4.57. The van der Waals surface area contributed by atoms with Crippen LogP contribution in [-0.4, -0.2) is 27.3 Å². The normalized spacial score (nSPS) is 10.8. The Labute approximate surface area is 115 Å². The van der Waals surface area contributed by atoms with E-state index in [1.54, 1.807) is 6.07 Å². The summed E-state index contributed by atoms with van der Waals surface area (Å²) in [5.41, 5.74) is 1.44. The molecule has 0 aliphatic rings. The van der Waals surface area contributed by atoms with Gasteiger partial charge in [-0.2, -0.15) is 0 Å². The molecule has 2 rings (SSSR count). The molecule has 1 aromatic heterocycles. The number of anilines is 1. The van der Waals surface area contributed by atoms with Gasteiger partial charge in [-0.05, 0) is 18.9 Å². The van der Waals surface area contributed by atoms with Crippen LogP contribution in [0.15, 0.2) is 18.2 Å². The number of aromatic nitrogens is 2. The summed E-state index contributed by atoms with van der Waals surface area (Å²) >= 11 is 5.60. The summed E-state index contributed by atoms with van der Waals surface area (Å²) in [5, 5.41) is 13.8. The fourth-order valence-electron chi connectivity index (χ4n) is 1.80. The Balaban J connectivity index is 1.99. The van der Waals surface area contributed by atoms with E-state index < -0.39 is 4.92 Å². The second kappa shape index (κ2) is 6.38. The first kappa shape index (κ1) is 13.6. The SMILES string of the molecule is O=[N+]([O-])c1ccc2nc(NCCCCCCl)[nH]c2c1. The smallest absolute Gasteiger partial charge is 0.271 e. The van der Waals surface area contributed by atoms with Crippen LogP contribution in [0.3, 0.4) is 0 Å².